The average Bonchev–Trinajstić information content (AvgIpc) is 3.33. The fourth-order valence-corrected chi connectivity index (χ4v) is 4.49. The number of benzene rings is 2. The van der Waals surface area contributed by atoms with Crippen LogP contribution in [0.15, 0.2) is 54.9 Å². The lowest BCUT2D eigenvalue weighted by molar-refractivity contribution is -0.111. The van der Waals surface area contributed by atoms with Crippen molar-refractivity contribution in [3.05, 3.63) is 65.4 Å². The smallest absolute Gasteiger partial charge is 0.300 e. The second kappa shape index (κ2) is 11.5. The summed E-state index contributed by atoms with van der Waals surface area (Å²) in [4.78, 5) is 26.4. The van der Waals surface area contributed by atoms with E-state index in [4.69, 9.17) is 21.6 Å². The summed E-state index contributed by atoms with van der Waals surface area (Å²) in [5.41, 5.74) is 3.40. The second-order valence-corrected chi connectivity index (χ2v) is 9.60. The Kier molecular flexibility index (Phi) is 7.73. The molecule has 0 spiro atoms. The van der Waals surface area contributed by atoms with Gasteiger partial charge in [-0.1, -0.05) is 23.6 Å². The Morgan fingerprint density at radius 3 is 2.63 bits per heavy atom. The van der Waals surface area contributed by atoms with Gasteiger partial charge in [0.15, 0.2) is 17.0 Å². The Morgan fingerprint density at radius 2 is 1.87 bits per heavy atom. The van der Waals surface area contributed by atoms with Crippen molar-refractivity contribution in [3.63, 3.8) is 0 Å². The van der Waals surface area contributed by atoms with Crippen LogP contribution in [0.2, 0.25) is 5.02 Å². The van der Waals surface area contributed by atoms with Crippen LogP contribution in [0, 0.1) is 11.8 Å². The lowest BCUT2D eigenvalue weighted by Gasteiger charge is -2.26. The van der Waals surface area contributed by atoms with Gasteiger partial charge < -0.3 is 25.6 Å². The quantitative estimate of drug-likeness (QED) is 0.261. The standard InChI is InChI=1S/C28H28ClN7O2/c1-2-36-17-30-25-26(34-28(35-27(25)36)33-20-11-13-23(37)14-12-20)32-22-5-3-4-21(16-22)31-24(38)15-8-18-6-9-19(29)10-7-18/h3-7,9-10,16-17,20,23,37H,2,11-14H2,1H3,(H,31,38)(H2,32,33,34,35)/t20-,23-. The minimum Gasteiger partial charge on any atom is -0.393 e. The summed E-state index contributed by atoms with van der Waals surface area (Å²) in [6.07, 6.45) is 4.77. The first-order valence-corrected chi connectivity index (χ1v) is 13.0. The largest absolute Gasteiger partial charge is 0.393 e. The summed E-state index contributed by atoms with van der Waals surface area (Å²) < 4.78 is 1.97. The van der Waals surface area contributed by atoms with E-state index in [-0.39, 0.29) is 12.1 Å². The maximum atomic E-state index is 12.4. The molecule has 1 amide bonds. The van der Waals surface area contributed by atoms with E-state index in [1.54, 1.807) is 36.7 Å². The third-order valence-electron chi connectivity index (χ3n) is 6.38. The first-order valence-electron chi connectivity index (χ1n) is 12.6. The monoisotopic (exact) mass is 529 g/mol. The molecule has 0 unspecified atom stereocenters. The number of nitrogens with zero attached hydrogens (tertiary/aromatic N) is 4. The van der Waals surface area contributed by atoms with Crippen molar-refractivity contribution in [2.75, 3.05) is 16.0 Å². The molecule has 0 atom stereocenters. The van der Waals surface area contributed by atoms with Gasteiger partial charge in [0.25, 0.3) is 0 Å². The molecule has 2 heterocycles. The van der Waals surface area contributed by atoms with Crippen LogP contribution in [0.3, 0.4) is 0 Å². The number of rotatable bonds is 6. The molecule has 10 heteroatoms. The molecule has 5 rings (SSSR count). The SMILES string of the molecule is CCn1cnc2c(Nc3cccc(NC(=O)C#Cc4ccc(Cl)cc4)c3)nc(N[C@H]3CC[C@H](O)CC3)nc21. The molecule has 0 saturated heterocycles. The van der Waals surface area contributed by atoms with E-state index in [9.17, 15) is 9.90 Å². The van der Waals surface area contributed by atoms with E-state index in [2.05, 4.69) is 32.8 Å². The fourth-order valence-electron chi connectivity index (χ4n) is 4.37. The average molecular weight is 530 g/mol. The molecule has 2 aromatic heterocycles. The number of hydrogen-bond acceptors (Lipinski definition) is 7. The number of anilines is 4. The molecule has 0 aliphatic heterocycles. The predicted molar refractivity (Wildman–Crippen MR) is 150 cm³/mol. The molecule has 38 heavy (non-hydrogen) atoms. The highest BCUT2D eigenvalue weighted by molar-refractivity contribution is 6.30. The maximum Gasteiger partial charge on any atom is 0.300 e. The second-order valence-electron chi connectivity index (χ2n) is 9.17. The molecule has 2 aromatic carbocycles. The first kappa shape index (κ1) is 25.5. The summed E-state index contributed by atoms with van der Waals surface area (Å²) in [6, 6.07) is 14.5. The Hall–Kier alpha value is -4.13. The Morgan fingerprint density at radius 1 is 1.11 bits per heavy atom. The molecule has 0 bridgehead atoms. The number of hydrogen-bond donors (Lipinski definition) is 4. The zero-order chi connectivity index (χ0) is 26.5. The van der Waals surface area contributed by atoms with Crippen molar-refractivity contribution in [1.82, 2.24) is 19.5 Å². The van der Waals surface area contributed by atoms with E-state index < -0.39 is 5.91 Å². The first-order chi connectivity index (χ1) is 18.5. The summed E-state index contributed by atoms with van der Waals surface area (Å²) in [5.74, 6) is 6.08. The van der Waals surface area contributed by atoms with Gasteiger partial charge >= 0.3 is 5.91 Å². The topological polar surface area (TPSA) is 117 Å². The van der Waals surface area contributed by atoms with Crippen LogP contribution in [0.25, 0.3) is 11.2 Å². The van der Waals surface area contributed by atoms with Crippen LogP contribution < -0.4 is 16.0 Å². The predicted octanol–water partition coefficient (Wildman–Crippen LogP) is 4.95. The van der Waals surface area contributed by atoms with Gasteiger partial charge in [-0.2, -0.15) is 9.97 Å². The summed E-state index contributed by atoms with van der Waals surface area (Å²) >= 11 is 5.89. The highest BCUT2D eigenvalue weighted by atomic mass is 35.5. The number of aromatic nitrogens is 4. The van der Waals surface area contributed by atoms with Crippen LogP contribution in [-0.4, -0.2) is 42.7 Å². The van der Waals surface area contributed by atoms with Crippen molar-refractivity contribution in [2.45, 2.75) is 51.3 Å². The van der Waals surface area contributed by atoms with Gasteiger partial charge in [0.05, 0.1) is 12.4 Å². The lowest BCUT2D eigenvalue weighted by Crippen LogP contribution is -2.29. The van der Waals surface area contributed by atoms with Crippen LogP contribution in [0.4, 0.5) is 23.1 Å². The van der Waals surface area contributed by atoms with Crippen molar-refractivity contribution in [3.8, 4) is 11.8 Å². The molecular formula is C28H28ClN7O2. The third-order valence-corrected chi connectivity index (χ3v) is 6.63. The number of aliphatic hydroxyl groups is 1. The van der Waals surface area contributed by atoms with E-state index in [0.717, 1.165) is 43.6 Å². The summed E-state index contributed by atoms with van der Waals surface area (Å²) in [7, 11) is 0. The van der Waals surface area contributed by atoms with Crippen LogP contribution >= 0.6 is 11.6 Å². The number of imidazole rings is 1. The number of halogens is 1. The van der Waals surface area contributed by atoms with E-state index in [1.165, 1.54) is 0 Å². The number of aryl methyl sites for hydroxylation is 1. The van der Waals surface area contributed by atoms with Gasteiger partial charge in [0.1, 0.15) is 0 Å². The van der Waals surface area contributed by atoms with Gasteiger partial charge in [0, 0.05) is 40.5 Å². The number of fused-ring (bicyclic) bond motifs is 1. The van der Waals surface area contributed by atoms with Gasteiger partial charge in [-0.15, -0.1) is 0 Å². The normalized spacial score (nSPS) is 16.9. The minimum atomic E-state index is -0.424. The van der Waals surface area contributed by atoms with Crippen molar-refractivity contribution in [1.29, 1.82) is 0 Å². The van der Waals surface area contributed by atoms with Gasteiger partial charge in [-0.25, -0.2) is 4.98 Å². The van der Waals surface area contributed by atoms with Crippen LogP contribution in [-0.2, 0) is 11.3 Å². The Bertz CT molecular complexity index is 1500. The lowest BCUT2D eigenvalue weighted by atomic mass is 9.93. The van der Waals surface area contributed by atoms with Crippen molar-refractivity contribution >= 4 is 51.8 Å². The molecule has 0 radical (unpaired) electrons. The Labute approximate surface area is 225 Å². The highest BCUT2D eigenvalue weighted by Crippen LogP contribution is 2.27. The molecular weight excluding hydrogens is 502 g/mol. The fraction of sp³-hybridized carbons (Fsp3) is 0.286. The van der Waals surface area contributed by atoms with Crippen molar-refractivity contribution in [2.24, 2.45) is 0 Å². The van der Waals surface area contributed by atoms with Gasteiger partial charge in [-0.05, 0) is 75.1 Å². The van der Waals surface area contributed by atoms with Crippen LogP contribution in [0.5, 0.6) is 0 Å². The zero-order valence-corrected chi connectivity index (χ0v) is 21.7. The third kappa shape index (κ3) is 6.22. The summed E-state index contributed by atoms with van der Waals surface area (Å²) in [5, 5.41) is 20.0. The van der Waals surface area contributed by atoms with Gasteiger partial charge in [-0.3, -0.25) is 4.79 Å². The van der Waals surface area contributed by atoms with Crippen molar-refractivity contribution < 1.29 is 9.90 Å². The van der Waals surface area contributed by atoms with E-state index in [0.29, 0.717) is 33.6 Å². The number of amides is 1. The molecule has 1 fully saturated rings. The number of carbonyl (C=O) groups is 1. The summed E-state index contributed by atoms with van der Waals surface area (Å²) in [6.45, 7) is 2.76. The van der Waals surface area contributed by atoms with Gasteiger partial charge in [0.2, 0.25) is 5.95 Å². The maximum absolute atomic E-state index is 12.4. The molecule has 4 N–H and O–H groups in total. The molecule has 4 aromatic rings. The minimum absolute atomic E-state index is 0.203. The molecule has 194 valence electrons. The molecule has 1 saturated carbocycles. The van der Waals surface area contributed by atoms with Crippen LogP contribution in [0.1, 0.15) is 38.2 Å². The molecule has 1 aliphatic carbocycles. The number of aliphatic hydroxyl groups excluding tert-OH is 1. The number of carbonyl (C=O) groups excluding carboxylic acids is 1. The van der Waals surface area contributed by atoms with E-state index >= 15 is 0 Å². The molecule has 1 aliphatic rings. The molecule has 9 nitrogen and oxygen atoms in total. The van der Waals surface area contributed by atoms with E-state index in [1.807, 2.05) is 29.7 Å². The Balaban J connectivity index is 1.34. The number of nitrogens with one attached hydrogen (secondary N) is 3. The zero-order valence-electron chi connectivity index (χ0n) is 20.9. The highest BCUT2D eigenvalue weighted by Gasteiger charge is 2.21.